The molecule has 2 aromatic heterocycles. The van der Waals surface area contributed by atoms with Gasteiger partial charge in [0.15, 0.2) is 5.16 Å². The maximum Gasteiger partial charge on any atom is 0.256 e. The van der Waals surface area contributed by atoms with Gasteiger partial charge in [0.25, 0.3) is 5.78 Å². The Bertz CT molecular complexity index is 641. The Morgan fingerprint density at radius 2 is 2.09 bits per heavy atom. The first-order valence-corrected chi connectivity index (χ1v) is 8.42. The van der Waals surface area contributed by atoms with Crippen molar-refractivity contribution in [3.63, 3.8) is 0 Å². The van der Waals surface area contributed by atoms with Gasteiger partial charge in [-0.25, -0.2) is 4.98 Å². The zero-order chi connectivity index (χ0) is 15.5. The fraction of sp³-hybridized carbons (Fsp3) is 0.643. The molecule has 1 aliphatic heterocycles. The number of hydrogen-bond acceptors (Lipinski definition) is 7. The first-order valence-electron chi connectivity index (χ1n) is 7.44. The molecule has 0 radical (unpaired) electrons. The van der Waals surface area contributed by atoms with Gasteiger partial charge in [0.1, 0.15) is 0 Å². The predicted octanol–water partition coefficient (Wildman–Crippen LogP) is 0.526. The second-order valence-corrected chi connectivity index (χ2v) is 6.52. The first-order chi connectivity index (χ1) is 10.6. The van der Waals surface area contributed by atoms with Crippen molar-refractivity contribution in [1.29, 1.82) is 0 Å². The average molecular weight is 323 g/mol. The number of ether oxygens (including phenoxy) is 1. The SMILES string of the molecule is Cc1cc(C)n2c(SC[C@H](O)CN3CCOCC3)nnc2n1. The van der Waals surface area contributed by atoms with Gasteiger partial charge in [-0.15, -0.1) is 10.2 Å². The minimum absolute atomic E-state index is 0.394. The van der Waals surface area contributed by atoms with Crippen molar-refractivity contribution < 1.29 is 9.84 Å². The fourth-order valence-corrected chi connectivity index (χ4v) is 3.50. The molecule has 1 atom stereocenters. The van der Waals surface area contributed by atoms with Gasteiger partial charge in [-0.1, -0.05) is 11.8 Å². The monoisotopic (exact) mass is 323 g/mol. The van der Waals surface area contributed by atoms with E-state index in [2.05, 4.69) is 20.1 Å². The quantitative estimate of drug-likeness (QED) is 0.804. The summed E-state index contributed by atoms with van der Waals surface area (Å²) in [5.41, 5.74) is 1.99. The Labute approximate surface area is 133 Å². The third-order valence-electron chi connectivity index (χ3n) is 3.64. The lowest BCUT2D eigenvalue weighted by Gasteiger charge is -2.28. The number of hydrogen-bond donors (Lipinski definition) is 1. The Morgan fingerprint density at radius 3 is 2.86 bits per heavy atom. The van der Waals surface area contributed by atoms with Gasteiger partial charge in [-0.3, -0.25) is 9.30 Å². The van der Waals surface area contributed by atoms with Crippen LogP contribution in [-0.2, 0) is 4.74 Å². The molecule has 0 unspecified atom stereocenters. The molecule has 1 aliphatic rings. The first kappa shape index (κ1) is 15.7. The van der Waals surface area contributed by atoms with Gasteiger partial charge in [-0.05, 0) is 19.9 Å². The van der Waals surface area contributed by atoms with Gasteiger partial charge < -0.3 is 9.84 Å². The Kier molecular flexibility index (Phi) is 4.92. The van der Waals surface area contributed by atoms with Crippen LogP contribution in [0.25, 0.3) is 5.78 Å². The van der Waals surface area contributed by atoms with E-state index in [9.17, 15) is 5.11 Å². The summed E-state index contributed by atoms with van der Waals surface area (Å²) in [6.45, 7) is 7.90. The zero-order valence-electron chi connectivity index (χ0n) is 12.9. The molecule has 3 heterocycles. The summed E-state index contributed by atoms with van der Waals surface area (Å²) in [4.78, 5) is 6.60. The van der Waals surface area contributed by atoms with Gasteiger partial charge in [0.2, 0.25) is 0 Å². The van der Waals surface area contributed by atoms with Crippen LogP contribution in [0.4, 0.5) is 0 Å². The highest BCUT2D eigenvalue weighted by atomic mass is 32.2. The molecule has 0 spiro atoms. The molecule has 7 nitrogen and oxygen atoms in total. The van der Waals surface area contributed by atoms with Crippen LogP contribution in [0.3, 0.4) is 0 Å². The third kappa shape index (κ3) is 3.57. The maximum atomic E-state index is 10.2. The topological polar surface area (TPSA) is 75.8 Å². The van der Waals surface area contributed by atoms with Crippen LogP contribution in [0.2, 0.25) is 0 Å². The minimum atomic E-state index is -0.394. The second kappa shape index (κ2) is 6.91. The van der Waals surface area contributed by atoms with Gasteiger partial charge in [-0.2, -0.15) is 0 Å². The normalized spacial score (nSPS) is 18.0. The molecule has 1 fully saturated rings. The van der Waals surface area contributed by atoms with Crippen molar-refractivity contribution in [2.24, 2.45) is 0 Å². The highest BCUT2D eigenvalue weighted by molar-refractivity contribution is 7.99. The summed E-state index contributed by atoms with van der Waals surface area (Å²) in [6.07, 6.45) is -0.394. The molecule has 0 amide bonds. The van der Waals surface area contributed by atoms with E-state index in [-0.39, 0.29) is 0 Å². The van der Waals surface area contributed by atoms with Crippen LogP contribution in [0.5, 0.6) is 0 Å². The molecular formula is C14H21N5O2S. The number of nitrogens with zero attached hydrogens (tertiary/aromatic N) is 5. The second-order valence-electron chi connectivity index (χ2n) is 5.53. The van der Waals surface area contributed by atoms with Crippen LogP contribution in [0.1, 0.15) is 11.4 Å². The van der Waals surface area contributed by atoms with E-state index >= 15 is 0 Å². The molecule has 0 aliphatic carbocycles. The summed E-state index contributed by atoms with van der Waals surface area (Å²) < 4.78 is 7.24. The van der Waals surface area contributed by atoms with E-state index in [1.807, 2.05) is 24.3 Å². The smallest absolute Gasteiger partial charge is 0.256 e. The number of aromatic nitrogens is 4. The van der Waals surface area contributed by atoms with Gasteiger partial charge in [0, 0.05) is 36.8 Å². The van der Waals surface area contributed by atoms with E-state index in [4.69, 9.17) is 4.74 Å². The van der Waals surface area contributed by atoms with Crippen LogP contribution < -0.4 is 0 Å². The molecule has 0 saturated carbocycles. The van der Waals surface area contributed by atoms with Gasteiger partial charge >= 0.3 is 0 Å². The van der Waals surface area contributed by atoms with Crippen molar-refractivity contribution in [3.8, 4) is 0 Å². The lowest BCUT2D eigenvalue weighted by Crippen LogP contribution is -2.41. The summed E-state index contributed by atoms with van der Waals surface area (Å²) >= 11 is 1.51. The number of fused-ring (bicyclic) bond motifs is 1. The number of aliphatic hydroxyl groups excluding tert-OH is 1. The number of morpholine rings is 1. The standard InChI is InChI=1S/C14H21N5O2S/c1-10-7-11(2)19-13(15-10)16-17-14(19)22-9-12(20)8-18-3-5-21-6-4-18/h7,12,20H,3-6,8-9H2,1-2H3/t12-/m1/s1. The lowest BCUT2D eigenvalue weighted by atomic mass is 10.3. The van der Waals surface area contributed by atoms with E-state index < -0.39 is 6.10 Å². The highest BCUT2D eigenvalue weighted by Gasteiger charge is 2.17. The summed E-state index contributed by atoms with van der Waals surface area (Å²) in [6, 6.07) is 2.00. The number of rotatable bonds is 5. The summed E-state index contributed by atoms with van der Waals surface area (Å²) in [7, 11) is 0. The van der Waals surface area contributed by atoms with Crippen LogP contribution in [0.15, 0.2) is 11.2 Å². The maximum absolute atomic E-state index is 10.2. The molecule has 22 heavy (non-hydrogen) atoms. The lowest BCUT2D eigenvalue weighted by molar-refractivity contribution is 0.0188. The van der Waals surface area contributed by atoms with E-state index in [1.165, 1.54) is 11.8 Å². The van der Waals surface area contributed by atoms with Crippen molar-refractivity contribution in [2.45, 2.75) is 25.1 Å². The van der Waals surface area contributed by atoms with Crippen LogP contribution in [-0.4, -0.2) is 74.3 Å². The fourth-order valence-electron chi connectivity index (χ4n) is 2.60. The Balaban J connectivity index is 1.61. The summed E-state index contributed by atoms with van der Waals surface area (Å²) in [5, 5.41) is 19.3. The largest absolute Gasteiger partial charge is 0.391 e. The molecule has 1 saturated heterocycles. The van der Waals surface area contributed by atoms with E-state index in [1.54, 1.807) is 0 Å². The number of aliphatic hydroxyl groups is 1. The molecule has 8 heteroatoms. The molecule has 0 aromatic carbocycles. The molecule has 120 valence electrons. The Hall–Kier alpha value is -1.22. The minimum Gasteiger partial charge on any atom is -0.391 e. The third-order valence-corrected chi connectivity index (χ3v) is 4.71. The van der Waals surface area contributed by atoms with Crippen molar-refractivity contribution in [3.05, 3.63) is 17.5 Å². The van der Waals surface area contributed by atoms with Crippen LogP contribution in [0, 0.1) is 13.8 Å². The molecule has 0 bridgehead atoms. The average Bonchev–Trinajstić information content (AvgIpc) is 2.89. The predicted molar refractivity (Wildman–Crippen MR) is 84.2 cm³/mol. The molecule has 3 rings (SSSR count). The zero-order valence-corrected chi connectivity index (χ0v) is 13.7. The van der Waals surface area contributed by atoms with Crippen molar-refractivity contribution in [1.82, 2.24) is 24.5 Å². The van der Waals surface area contributed by atoms with E-state index in [0.717, 1.165) is 42.8 Å². The molecule has 2 aromatic rings. The van der Waals surface area contributed by atoms with Crippen LogP contribution >= 0.6 is 11.8 Å². The number of aryl methyl sites for hydroxylation is 2. The van der Waals surface area contributed by atoms with Crippen molar-refractivity contribution >= 4 is 17.5 Å². The molecular weight excluding hydrogens is 302 g/mol. The number of thioether (sulfide) groups is 1. The highest BCUT2D eigenvalue weighted by Crippen LogP contribution is 2.19. The Morgan fingerprint density at radius 1 is 1.32 bits per heavy atom. The number of β-amino-alcohol motifs (C(OH)–C–C–N with tert-alkyl or cyclic N) is 1. The van der Waals surface area contributed by atoms with Gasteiger partial charge in [0.05, 0.1) is 19.3 Å². The van der Waals surface area contributed by atoms with E-state index in [0.29, 0.717) is 18.1 Å². The van der Waals surface area contributed by atoms with Crippen molar-refractivity contribution in [2.75, 3.05) is 38.6 Å². The summed E-state index contributed by atoms with van der Waals surface area (Å²) in [5.74, 6) is 1.20. The molecule has 1 N–H and O–H groups in total.